The zero-order chi connectivity index (χ0) is 6.41. The topological polar surface area (TPSA) is 0 Å². The lowest BCUT2D eigenvalue weighted by Gasteiger charge is -1.94. The van der Waals surface area contributed by atoms with E-state index in [-0.39, 0.29) is 0 Å². The van der Waals surface area contributed by atoms with Gasteiger partial charge in [-0.2, -0.15) is 0 Å². The minimum Gasteiger partial charge on any atom is -0.102 e. The van der Waals surface area contributed by atoms with Gasteiger partial charge in [-0.1, -0.05) is 34.2 Å². The van der Waals surface area contributed by atoms with Crippen molar-refractivity contribution in [1.82, 2.24) is 0 Å². The monoisotopic (exact) mass is 174 g/mol. The molecule has 46 valence electrons. The van der Waals surface area contributed by atoms with E-state index in [9.17, 15) is 0 Å². The van der Waals surface area contributed by atoms with Crippen LogP contribution in [0, 0.1) is 0 Å². The van der Waals surface area contributed by atoms with Crippen molar-refractivity contribution in [3.63, 3.8) is 0 Å². The van der Waals surface area contributed by atoms with Crippen LogP contribution in [0.2, 0.25) is 0 Å². The zero-order valence-electron chi connectivity index (χ0n) is 5.10. The smallest absolute Gasteiger partial charge is 0.0357 e. The van der Waals surface area contributed by atoms with Crippen molar-refractivity contribution < 1.29 is 0 Å². The lowest BCUT2D eigenvalue weighted by atomic mass is 10.3. The van der Waals surface area contributed by atoms with E-state index in [1.165, 1.54) is 0 Å². The van der Waals surface area contributed by atoms with Gasteiger partial charge in [-0.25, -0.2) is 0 Å². The molecule has 0 saturated carbocycles. The molecule has 0 N–H and O–H groups in total. The summed E-state index contributed by atoms with van der Waals surface area (Å²) < 4.78 is 0. The standard InChI is InChI=1S/C7H11Br/c1-3-5-6-7(8)4-2/h3-5,7H,2,6H2,1H3/b5-3+. The molecule has 0 fully saturated rings. The Morgan fingerprint density at radius 1 is 1.75 bits per heavy atom. The number of halogens is 1. The molecule has 0 amide bonds. The van der Waals surface area contributed by atoms with Crippen LogP contribution in [-0.4, -0.2) is 4.83 Å². The number of rotatable bonds is 3. The van der Waals surface area contributed by atoms with Gasteiger partial charge in [0.1, 0.15) is 0 Å². The lowest BCUT2D eigenvalue weighted by Crippen LogP contribution is -1.85. The van der Waals surface area contributed by atoms with Gasteiger partial charge in [0.05, 0.1) is 0 Å². The molecule has 1 heteroatoms. The van der Waals surface area contributed by atoms with Gasteiger partial charge in [0.15, 0.2) is 0 Å². The molecule has 0 heterocycles. The van der Waals surface area contributed by atoms with Gasteiger partial charge in [-0.15, -0.1) is 6.58 Å². The Bertz CT molecular complexity index is 84.4. The molecular weight excluding hydrogens is 164 g/mol. The van der Waals surface area contributed by atoms with E-state index in [2.05, 4.69) is 28.6 Å². The summed E-state index contributed by atoms with van der Waals surface area (Å²) >= 11 is 3.41. The zero-order valence-corrected chi connectivity index (χ0v) is 6.69. The number of allylic oxidation sites excluding steroid dienone is 3. The van der Waals surface area contributed by atoms with Crippen LogP contribution in [0.5, 0.6) is 0 Å². The minimum absolute atomic E-state index is 0.443. The number of hydrogen-bond donors (Lipinski definition) is 0. The summed E-state index contributed by atoms with van der Waals surface area (Å²) in [7, 11) is 0. The van der Waals surface area contributed by atoms with Crippen LogP contribution in [0.3, 0.4) is 0 Å². The van der Waals surface area contributed by atoms with Gasteiger partial charge in [0, 0.05) is 4.83 Å². The summed E-state index contributed by atoms with van der Waals surface area (Å²) in [5, 5.41) is 0. The molecule has 0 nitrogen and oxygen atoms in total. The highest BCUT2D eigenvalue weighted by atomic mass is 79.9. The number of alkyl halides is 1. The van der Waals surface area contributed by atoms with Gasteiger partial charge in [-0.05, 0) is 13.3 Å². The van der Waals surface area contributed by atoms with Gasteiger partial charge in [-0.3, -0.25) is 0 Å². The molecule has 0 rings (SSSR count). The fourth-order valence-electron chi connectivity index (χ4n) is 0.362. The minimum atomic E-state index is 0.443. The maximum absolute atomic E-state index is 3.63. The predicted molar refractivity (Wildman–Crippen MR) is 42.3 cm³/mol. The predicted octanol–water partition coefficient (Wildman–Crippen LogP) is 2.90. The van der Waals surface area contributed by atoms with E-state index in [1.54, 1.807) is 0 Å². The Labute approximate surface area is 59.4 Å². The second kappa shape index (κ2) is 5.10. The van der Waals surface area contributed by atoms with Crippen molar-refractivity contribution in [1.29, 1.82) is 0 Å². The van der Waals surface area contributed by atoms with E-state index >= 15 is 0 Å². The maximum Gasteiger partial charge on any atom is 0.0357 e. The Morgan fingerprint density at radius 2 is 2.38 bits per heavy atom. The van der Waals surface area contributed by atoms with E-state index < -0.39 is 0 Å². The third-order valence-electron chi connectivity index (χ3n) is 0.853. The molecule has 0 radical (unpaired) electrons. The van der Waals surface area contributed by atoms with Crippen molar-refractivity contribution in [2.45, 2.75) is 18.2 Å². The van der Waals surface area contributed by atoms with Crippen molar-refractivity contribution in [3.05, 3.63) is 24.8 Å². The molecule has 0 aliphatic carbocycles. The quantitative estimate of drug-likeness (QED) is 0.457. The summed E-state index contributed by atoms with van der Waals surface area (Å²) in [5.41, 5.74) is 0. The third kappa shape index (κ3) is 4.13. The summed E-state index contributed by atoms with van der Waals surface area (Å²) in [5.74, 6) is 0. The molecule has 1 unspecified atom stereocenters. The fraction of sp³-hybridized carbons (Fsp3) is 0.429. The van der Waals surface area contributed by atoms with Crippen molar-refractivity contribution in [2.24, 2.45) is 0 Å². The van der Waals surface area contributed by atoms with Crippen LogP contribution in [0.25, 0.3) is 0 Å². The van der Waals surface area contributed by atoms with Crippen LogP contribution in [-0.2, 0) is 0 Å². The summed E-state index contributed by atoms with van der Waals surface area (Å²) in [6.45, 7) is 5.65. The Morgan fingerprint density at radius 3 is 2.75 bits per heavy atom. The highest BCUT2D eigenvalue weighted by molar-refractivity contribution is 9.09. The summed E-state index contributed by atoms with van der Waals surface area (Å²) in [4.78, 5) is 0.443. The molecule has 0 spiro atoms. The van der Waals surface area contributed by atoms with Crippen molar-refractivity contribution >= 4 is 15.9 Å². The molecule has 0 aliphatic heterocycles. The molecule has 0 aromatic carbocycles. The first-order chi connectivity index (χ1) is 3.81. The molecule has 0 bridgehead atoms. The second-order valence-electron chi connectivity index (χ2n) is 1.56. The van der Waals surface area contributed by atoms with E-state index in [4.69, 9.17) is 0 Å². The van der Waals surface area contributed by atoms with E-state index in [0.717, 1.165) is 6.42 Å². The first-order valence-electron chi connectivity index (χ1n) is 2.69. The van der Waals surface area contributed by atoms with E-state index in [0.29, 0.717) is 4.83 Å². The average Bonchev–Trinajstić information content (AvgIpc) is 1.83. The molecule has 0 aromatic heterocycles. The molecule has 8 heavy (non-hydrogen) atoms. The average molecular weight is 175 g/mol. The Balaban J connectivity index is 3.23. The van der Waals surface area contributed by atoms with Gasteiger partial charge in [0.2, 0.25) is 0 Å². The van der Waals surface area contributed by atoms with Gasteiger partial charge < -0.3 is 0 Å². The maximum atomic E-state index is 3.63. The first-order valence-corrected chi connectivity index (χ1v) is 3.60. The Kier molecular flexibility index (Phi) is 5.08. The third-order valence-corrected chi connectivity index (χ3v) is 1.60. The van der Waals surface area contributed by atoms with Gasteiger partial charge in [0.25, 0.3) is 0 Å². The van der Waals surface area contributed by atoms with Crippen LogP contribution in [0.4, 0.5) is 0 Å². The molecule has 0 aliphatic rings. The summed E-state index contributed by atoms with van der Waals surface area (Å²) in [6.07, 6.45) is 7.08. The highest BCUT2D eigenvalue weighted by Gasteiger charge is 1.90. The molecule has 1 atom stereocenters. The van der Waals surface area contributed by atoms with E-state index in [1.807, 2.05) is 19.1 Å². The van der Waals surface area contributed by atoms with Crippen LogP contribution >= 0.6 is 15.9 Å². The largest absolute Gasteiger partial charge is 0.102 e. The lowest BCUT2D eigenvalue weighted by molar-refractivity contribution is 1.09. The molecule has 0 saturated heterocycles. The van der Waals surface area contributed by atoms with Crippen LogP contribution in [0.1, 0.15) is 13.3 Å². The SMILES string of the molecule is C=CC(Br)C/C=C/C. The Hall–Kier alpha value is -0.0400. The van der Waals surface area contributed by atoms with Crippen molar-refractivity contribution in [3.8, 4) is 0 Å². The fourth-order valence-corrected chi connectivity index (χ4v) is 0.578. The second-order valence-corrected chi connectivity index (χ2v) is 2.73. The summed E-state index contributed by atoms with van der Waals surface area (Å²) in [6, 6.07) is 0. The van der Waals surface area contributed by atoms with Crippen molar-refractivity contribution in [2.75, 3.05) is 0 Å². The van der Waals surface area contributed by atoms with Gasteiger partial charge >= 0.3 is 0 Å². The molecule has 0 aromatic rings. The first kappa shape index (κ1) is 7.96. The molecular formula is C7H11Br. The number of hydrogen-bond acceptors (Lipinski definition) is 0. The van der Waals surface area contributed by atoms with Crippen LogP contribution in [0.15, 0.2) is 24.8 Å². The van der Waals surface area contributed by atoms with Crippen LogP contribution < -0.4 is 0 Å². The highest BCUT2D eigenvalue weighted by Crippen LogP contribution is 2.05. The normalized spacial score (nSPS) is 14.2.